The lowest BCUT2D eigenvalue weighted by Gasteiger charge is -2.33. The van der Waals surface area contributed by atoms with Crippen LogP contribution in [-0.2, 0) is 11.8 Å². The van der Waals surface area contributed by atoms with Crippen LogP contribution in [0.15, 0.2) is 86.0 Å². The molecule has 0 atom stereocenters. The first-order chi connectivity index (χ1) is 9.80. The first kappa shape index (κ1) is 14.3. The molecule has 0 spiro atoms. The molecular formula is C20H22. The molecule has 0 N–H and O–H groups in total. The fraction of sp³-hybridized carbons (Fsp3) is 0.200. The summed E-state index contributed by atoms with van der Waals surface area (Å²) in [6.07, 6.45) is 6.98. The third-order valence-corrected chi connectivity index (χ3v) is 3.84. The molecule has 0 radical (unpaired) electrons. The van der Waals surface area contributed by atoms with Crippen LogP contribution in [-0.4, -0.2) is 0 Å². The van der Waals surface area contributed by atoms with Crippen molar-refractivity contribution in [1.29, 1.82) is 0 Å². The second-order valence-electron chi connectivity index (χ2n) is 5.29. The summed E-state index contributed by atoms with van der Waals surface area (Å²) in [5, 5.41) is 0. The highest BCUT2D eigenvalue weighted by Gasteiger charge is 2.29. The highest BCUT2D eigenvalue weighted by molar-refractivity contribution is 5.31. The Morgan fingerprint density at radius 2 is 1.25 bits per heavy atom. The van der Waals surface area contributed by atoms with Crippen LogP contribution in [0.25, 0.3) is 0 Å². The number of hydrogen-bond acceptors (Lipinski definition) is 0. The number of rotatable bonds is 7. The van der Waals surface area contributed by atoms with Gasteiger partial charge >= 0.3 is 0 Å². The quantitative estimate of drug-likeness (QED) is 0.592. The SMILES string of the molecule is C=CCC(CC=C)(Cc1ccccc1)c1ccccc1. The van der Waals surface area contributed by atoms with E-state index in [1.54, 1.807) is 0 Å². The molecule has 0 aliphatic heterocycles. The molecule has 0 saturated carbocycles. The van der Waals surface area contributed by atoms with Crippen molar-refractivity contribution in [3.05, 3.63) is 97.1 Å². The van der Waals surface area contributed by atoms with E-state index in [4.69, 9.17) is 0 Å². The summed E-state index contributed by atoms with van der Waals surface area (Å²) in [6, 6.07) is 21.4. The van der Waals surface area contributed by atoms with Crippen molar-refractivity contribution in [2.45, 2.75) is 24.7 Å². The number of benzene rings is 2. The largest absolute Gasteiger partial charge is 0.103 e. The zero-order valence-corrected chi connectivity index (χ0v) is 12.0. The van der Waals surface area contributed by atoms with Crippen molar-refractivity contribution in [3.8, 4) is 0 Å². The highest BCUT2D eigenvalue weighted by Crippen LogP contribution is 2.36. The van der Waals surface area contributed by atoms with Crippen molar-refractivity contribution in [3.63, 3.8) is 0 Å². The van der Waals surface area contributed by atoms with Gasteiger partial charge < -0.3 is 0 Å². The van der Waals surface area contributed by atoms with E-state index in [2.05, 4.69) is 73.8 Å². The molecule has 0 bridgehead atoms. The molecule has 0 aromatic heterocycles. The van der Waals surface area contributed by atoms with Gasteiger partial charge in [0.2, 0.25) is 0 Å². The molecule has 102 valence electrons. The van der Waals surface area contributed by atoms with Crippen LogP contribution < -0.4 is 0 Å². The van der Waals surface area contributed by atoms with Crippen LogP contribution in [0.4, 0.5) is 0 Å². The zero-order chi connectivity index (χ0) is 14.3. The maximum Gasteiger partial charge on any atom is 0.00619 e. The Balaban J connectivity index is 2.41. The molecular weight excluding hydrogens is 240 g/mol. The minimum Gasteiger partial charge on any atom is -0.103 e. The topological polar surface area (TPSA) is 0 Å². The van der Waals surface area contributed by atoms with Crippen LogP contribution in [0.5, 0.6) is 0 Å². The van der Waals surface area contributed by atoms with E-state index in [0.717, 1.165) is 19.3 Å². The predicted octanol–water partition coefficient (Wildman–Crippen LogP) is 5.32. The number of allylic oxidation sites excluding steroid dienone is 2. The van der Waals surface area contributed by atoms with E-state index in [1.807, 2.05) is 12.2 Å². The fourth-order valence-electron chi connectivity index (χ4n) is 2.90. The Morgan fingerprint density at radius 3 is 1.75 bits per heavy atom. The lowest BCUT2D eigenvalue weighted by molar-refractivity contribution is 0.433. The zero-order valence-electron chi connectivity index (χ0n) is 12.0. The van der Waals surface area contributed by atoms with Crippen LogP contribution in [0.1, 0.15) is 24.0 Å². The second-order valence-corrected chi connectivity index (χ2v) is 5.29. The Morgan fingerprint density at radius 1 is 0.750 bits per heavy atom. The fourth-order valence-corrected chi connectivity index (χ4v) is 2.90. The summed E-state index contributed by atoms with van der Waals surface area (Å²) in [5.41, 5.74) is 2.79. The molecule has 0 fully saturated rings. The van der Waals surface area contributed by atoms with Crippen molar-refractivity contribution in [1.82, 2.24) is 0 Å². The number of hydrogen-bond donors (Lipinski definition) is 0. The van der Waals surface area contributed by atoms with E-state index < -0.39 is 0 Å². The van der Waals surface area contributed by atoms with Gasteiger partial charge in [-0.25, -0.2) is 0 Å². The molecule has 2 aromatic rings. The molecule has 20 heavy (non-hydrogen) atoms. The van der Waals surface area contributed by atoms with Crippen molar-refractivity contribution >= 4 is 0 Å². The van der Waals surface area contributed by atoms with Crippen molar-refractivity contribution < 1.29 is 0 Å². The minimum absolute atomic E-state index is 0.0616. The normalized spacial score (nSPS) is 11.0. The average Bonchev–Trinajstić information content (AvgIpc) is 2.49. The molecule has 2 aromatic carbocycles. The van der Waals surface area contributed by atoms with Gasteiger partial charge in [0.05, 0.1) is 0 Å². The molecule has 0 unspecified atom stereocenters. The standard InChI is InChI=1S/C20H22/c1-3-15-20(16-4-2,19-13-9-6-10-14-19)17-18-11-7-5-8-12-18/h3-14H,1-2,15-17H2. The minimum atomic E-state index is 0.0616. The first-order valence-electron chi connectivity index (χ1n) is 7.12. The smallest absolute Gasteiger partial charge is 0.00619 e. The van der Waals surface area contributed by atoms with Gasteiger partial charge in [-0.3, -0.25) is 0 Å². The Hall–Kier alpha value is -2.08. The van der Waals surface area contributed by atoms with E-state index in [0.29, 0.717) is 0 Å². The van der Waals surface area contributed by atoms with Gasteiger partial charge in [0, 0.05) is 5.41 Å². The van der Waals surface area contributed by atoms with Crippen LogP contribution >= 0.6 is 0 Å². The molecule has 2 rings (SSSR count). The van der Waals surface area contributed by atoms with E-state index in [1.165, 1.54) is 11.1 Å². The van der Waals surface area contributed by atoms with Crippen molar-refractivity contribution in [2.75, 3.05) is 0 Å². The summed E-state index contributed by atoms with van der Waals surface area (Å²) in [6.45, 7) is 7.92. The molecule has 0 aliphatic carbocycles. The molecule has 0 saturated heterocycles. The van der Waals surface area contributed by atoms with Gasteiger partial charge in [-0.15, -0.1) is 13.2 Å². The summed E-state index contributed by atoms with van der Waals surface area (Å²) in [5.74, 6) is 0. The summed E-state index contributed by atoms with van der Waals surface area (Å²) < 4.78 is 0. The van der Waals surface area contributed by atoms with Gasteiger partial charge in [-0.1, -0.05) is 72.8 Å². The summed E-state index contributed by atoms with van der Waals surface area (Å²) in [4.78, 5) is 0. The molecule has 0 amide bonds. The molecule has 0 nitrogen and oxygen atoms in total. The van der Waals surface area contributed by atoms with Crippen LogP contribution in [0.2, 0.25) is 0 Å². The van der Waals surface area contributed by atoms with E-state index in [-0.39, 0.29) is 5.41 Å². The van der Waals surface area contributed by atoms with Gasteiger partial charge in [-0.05, 0) is 30.4 Å². The monoisotopic (exact) mass is 262 g/mol. The first-order valence-corrected chi connectivity index (χ1v) is 7.12. The molecule has 0 heteroatoms. The van der Waals surface area contributed by atoms with E-state index >= 15 is 0 Å². The lowest BCUT2D eigenvalue weighted by Crippen LogP contribution is -2.28. The predicted molar refractivity (Wildman–Crippen MR) is 87.9 cm³/mol. The molecule has 0 heterocycles. The van der Waals surface area contributed by atoms with Gasteiger partial charge in [0.25, 0.3) is 0 Å². The highest BCUT2D eigenvalue weighted by atomic mass is 14.3. The Kier molecular flexibility index (Phi) is 4.95. The Labute approximate surface area is 122 Å². The van der Waals surface area contributed by atoms with Crippen LogP contribution in [0, 0.1) is 0 Å². The maximum absolute atomic E-state index is 3.96. The van der Waals surface area contributed by atoms with Gasteiger partial charge in [-0.2, -0.15) is 0 Å². The molecule has 0 aliphatic rings. The van der Waals surface area contributed by atoms with Crippen LogP contribution in [0.3, 0.4) is 0 Å². The van der Waals surface area contributed by atoms with E-state index in [9.17, 15) is 0 Å². The maximum atomic E-state index is 3.96. The second kappa shape index (κ2) is 6.91. The summed E-state index contributed by atoms with van der Waals surface area (Å²) >= 11 is 0. The average molecular weight is 262 g/mol. The van der Waals surface area contributed by atoms with Gasteiger partial charge in [0.15, 0.2) is 0 Å². The Bertz CT molecular complexity index is 527. The summed E-state index contributed by atoms with van der Waals surface area (Å²) in [7, 11) is 0. The third kappa shape index (κ3) is 3.27. The van der Waals surface area contributed by atoms with Gasteiger partial charge in [0.1, 0.15) is 0 Å². The third-order valence-electron chi connectivity index (χ3n) is 3.84. The lowest BCUT2D eigenvalue weighted by atomic mass is 9.71. The van der Waals surface area contributed by atoms with Crippen molar-refractivity contribution in [2.24, 2.45) is 0 Å².